The highest BCUT2D eigenvalue weighted by Crippen LogP contribution is 2.32. The number of para-hydroxylation sites is 1. The Bertz CT molecular complexity index is 1260. The Morgan fingerprint density at radius 1 is 1.10 bits per heavy atom. The van der Waals surface area contributed by atoms with Gasteiger partial charge in [0.15, 0.2) is 0 Å². The zero-order chi connectivity index (χ0) is 22.0. The Kier molecular flexibility index (Phi) is 6.13. The standard InChI is InChI=1S/C21H16Cl2N4O3S/c1-30-12-5-2-4-11(8-12)20(29)25-19-14-9-13(31-21(14)27-26-19)10-17(28)24-18-15(22)6-3-7-16(18)23/h2-9H,10H2,1H3,(H,24,28)(H2,25,26,27,29). The van der Waals surface area contributed by atoms with Gasteiger partial charge >= 0.3 is 0 Å². The van der Waals surface area contributed by atoms with Crippen molar-refractivity contribution in [2.45, 2.75) is 6.42 Å². The Labute approximate surface area is 191 Å². The summed E-state index contributed by atoms with van der Waals surface area (Å²) in [6, 6.07) is 13.7. The topological polar surface area (TPSA) is 96.1 Å². The van der Waals surface area contributed by atoms with Crippen molar-refractivity contribution in [2.75, 3.05) is 17.7 Å². The molecule has 0 bridgehead atoms. The number of thiophene rings is 1. The summed E-state index contributed by atoms with van der Waals surface area (Å²) in [5.41, 5.74) is 0.831. The second-order valence-electron chi connectivity index (χ2n) is 6.54. The monoisotopic (exact) mass is 474 g/mol. The maximum absolute atomic E-state index is 12.6. The van der Waals surface area contributed by atoms with E-state index in [0.29, 0.717) is 37.7 Å². The number of methoxy groups -OCH3 is 1. The molecule has 158 valence electrons. The number of carbonyl (C=O) groups excluding carboxylic acids is 2. The van der Waals surface area contributed by atoms with Crippen LogP contribution in [0.1, 0.15) is 15.2 Å². The minimum atomic E-state index is -0.302. The van der Waals surface area contributed by atoms with Crippen molar-refractivity contribution >= 4 is 68.1 Å². The first-order chi connectivity index (χ1) is 14.9. The van der Waals surface area contributed by atoms with Crippen molar-refractivity contribution in [3.05, 3.63) is 69.0 Å². The number of fused-ring (bicyclic) bond motifs is 1. The Morgan fingerprint density at radius 3 is 2.58 bits per heavy atom. The molecule has 0 spiro atoms. The molecule has 0 aliphatic rings. The summed E-state index contributed by atoms with van der Waals surface area (Å²) in [5, 5.41) is 14.0. The van der Waals surface area contributed by atoms with Crippen molar-refractivity contribution in [1.29, 1.82) is 0 Å². The van der Waals surface area contributed by atoms with Crippen molar-refractivity contribution in [1.82, 2.24) is 10.2 Å². The number of hydrogen-bond donors (Lipinski definition) is 3. The summed E-state index contributed by atoms with van der Waals surface area (Å²) in [7, 11) is 1.54. The van der Waals surface area contributed by atoms with Crippen LogP contribution in [-0.2, 0) is 11.2 Å². The fraction of sp³-hybridized carbons (Fsp3) is 0.0952. The molecule has 0 aliphatic heterocycles. The number of nitrogens with one attached hydrogen (secondary N) is 3. The van der Waals surface area contributed by atoms with Crippen LogP contribution < -0.4 is 15.4 Å². The van der Waals surface area contributed by atoms with E-state index < -0.39 is 0 Å². The number of hydrogen-bond acceptors (Lipinski definition) is 5. The average molecular weight is 475 g/mol. The van der Waals surface area contributed by atoms with Gasteiger partial charge in [-0.2, -0.15) is 5.10 Å². The normalized spacial score (nSPS) is 10.8. The Hall–Kier alpha value is -3.07. The molecule has 0 saturated heterocycles. The molecule has 2 aromatic carbocycles. The number of aromatic amines is 1. The Morgan fingerprint density at radius 2 is 1.84 bits per heavy atom. The predicted octanol–water partition coefficient (Wildman–Crippen LogP) is 5.37. The Balaban J connectivity index is 1.48. The van der Waals surface area contributed by atoms with Crippen LogP contribution in [-0.4, -0.2) is 29.1 Å². The third-order valence-corrected chi connectivity index (χ3v) is 6.09. The van der Waals surface area contributed by atoms with Gasteiger partial charge in [0, 0.05) is 10.4 Å². The van der Waals surface area contributed by atoms with Crippen LogP contribution in [0.5, 0.6) is 5.75 Å². The van der Waals surface area contributed by atoms with Crippen molar-refractivity contribution in [3.63, 3.8) is 0 Å². The average Bonchev–Trinajstić information content (AvgIpc) is 3.32. The first-order valence-electron chi connectivity index (χ1n) is 9.10. The number of rotatable bonds is 6. The van der Waals surface area contributed by atoms with Gasteiger partial charge in [0.2, 0.25) is 5.91 Å². The molecular formula is C21H16Cl2N4O3S. The first-order valence-corrected chi connectivity index (χ1v) is 10.7. The van der Waals surface area contributed by atoms with Crippen molar-refractivity contribution in [2.24, 2.45) is 0 Å². The van der Waals surface area contributed by atoms with Gasteiger partial charge in [-0.1, -0.05) is 35.3 Å². The number of aromatic nitrogens is 2. The van der Waals surface area contributed by atoms with Crippen LogP contribution >= 0.6 is 34.5 Å². The minimum Gasteiger partial charge on any atom is -0.497 e. The number of nitrogens with zero attached hydrogens (tertiary/aromatic N) is 1. The van der Waals surface area contributed by atoms with E-state index in [1.165, 1.54) is 18.4 Å². The van der Waals surface area contributed by atoms with Crippen LogP contribution in [0, 0.1) is 0 Å². The van der Waals surface area contributed by atoms with E-state index in [9.17, 15) is 9.59 Å². The molecule has 2 heterocycles. The highest BCUT2D eigenvalue weighted by molar-refractivity contribution is 7.18. The van der Waals surface area contributed by atoms with Gasteiger partial charge < -0.3 is 15.4 Å². The van der Waals surface area contributed by atoms with Crippen LogP contribution in [0.3, 0.4) is 0 Å². The molecular weight excluding hydrogens is 459 g/mol. The number of ether oxygens (including phenoxy) is 1. The SMILES string of the molecule is COc1cccc(C(=O)Nc2[nH]nc3sc(CC(=O)Nc4c(Cl)cccc4Cl)cc23)c1. The number of amides is 2. The highest BCUT2D eigenvalue weighted by atomic mass is 35.5. The first kappa shape index (κ1) is 21.2. The molecule has 0 aliphatic carbocycles. The highest BCUT2D eigenvalue weighted by Gasteiger charge is 2.16. The van der Waals surface area contributed by atoms with Gasteiger partial charge in [-0.3, -0.25) is 14.7 Å². The molecule has 2 amide bonds. The molecule has 0 fully saturated rings. The molecule has 3 N–H and O–H groups in total. The van der Waals surface area contributed by atoms with Crippen LogP contribution in [0.25, 0.3) is 10.2 Å². The zero-order valence-electron chi connectivity index (χ0n) is 16.2. The molecule has 0 unspecified atom stereocenters. The summed E-state index contributed by atoms with van der Waals surface area (Å²) in [6.45, 7) is 0. The number of H-pyrrole nitrogens is 1. The maximum Gasteiger partial charge on any atom is 0.256 e. The largest absolute Gasteiger partial charge is 0.497 e. The third kappa shape index (κ3) is 4.66. The smallest absolute Gasteiger partial charge is 0.256 e. The number of anilines is 2. The van der Waals surface area contributed by atoms with E-state index in [1.807, 2.05) is 6.07 Å². The lowest BCUT2D eigenvalue weighted by Crippen LogP contribution is -2.14. The van der Waals surface area contributed by atoms with Gasteiger partial charge in [-0.25, -0.2) is 0 Å². The van der Waals surface area contributed by atoms with E-state index in [4.69, 9.17) is 27.9 Å². The molecule has 7 nitrogen and oxygen atoms in total. The van der Waals surface area contributed by atoms with Gasteiger partial charge in [0.25, 0.3) is 5.91 Å². The number of carbonyl (C=O) groups is 2. The van der Waals surface area contributed by atoms with Crippen LogP contribution in [0.2, 0.25) is 10.0 Å². The maximum atomic E-state index is 12.6. The molecule has 4 rings (SSSR count). The zero-order valence-corrected chi connectivity index (χ0v) is 18.5. The fourth-order valence-electron chi connectivity index (χ4n) is 2.95. The van der Waals surface area contributed by atoms with Gasteiger partial charge in [-0.05, 0) is 36.4 Å². The van der Waals surface area contributed by atoms with E-state index in [-0.39, 0.29) is 18.2 Å². The lowest BCUT2D eigenvalue weighted by Gasteiger charge is -2.08. The lowest BCUT2D eigenvalue weighted by molar-refractivity contribution is -0.115. The van der Waals surface area contributed by atoms with Gasteiger partial charge in [-0.15, -0.1) is 11.3 Å². The van der Waals surface area contributed by atoms with E-state index in [1.54, 1.807) is 42.5 Å². The fourth-order valence-corrected chi connectivity index (χ4v) is 4.43. The molecule has 0 saturated carbocycles. The van der Waals surface area contributed by atoms with Gasteiger partial charge in [0.05, 0.1) is 34.6 Å². The van der Waals surface area contributed by atoms with Crippen molar-refractivity contribution in [3.8, 4) is 5.75 Å². The lowest BCUT2D eigenvalue weighted by atomic mass is 10.2. The van der Waals surface area contributed by atoms with E-state index in [2.05, 4.69) is 20.8 Å². The quantitative estimate of drug-likeness (QED) is 0.349. The summed E-state index contributed by atoms with van der Waals surface area (Å²) in [6.07, 6.45) is 0.117. The summed E-state index contributed by atoms with van der Waals surface area (Å²) < 4.78 is 5.16. The third-order valence-electron chi connectivity index (χ3n) is 4.43. The summed E-state index contributed by atoms with van der Waals surface area (Å²) in [4.78, 5) is 26.5. The predicted molar refractivity (Wildman–Crippen MR) is 124 cm³/mol. The van der Waals surface area contributed by atoms with Crippen LogP contribution in [0.4, 0.5) is 11.5 Å². The number of halogens is 2. The minimum absolute atomic E-state index is 0.117. The van der Waals surface area contributed by atoms with Crippen LogP contribution in [0.15, 0.2) is 48.5 Å². The van der Waals surface area contributed by atoms with Crippen molar-refractivity contribution < 1.29 is 14.3 Å². The van der Waals surface area contributed by atoms with E-state index in [0.717, 1.165) is 10.3 Å². The second kappa shape index (κ2) is 8.97. The van der Waals surface area contributed by atoms with Gasteiger partial charge in [0.1, 0.15) is 16.4 Å². The number of benzene rings is 2. The molecule has 0 atom stereocenters. The molecule has 0 radical (unpaired) electrons. The molecule has 10 heteroatoms. The summed E-state index contributed by atoms with van der Waals surface area (Å²) in [5.74, 6) is 0.484. The summed E-state index contributed by atoms with van der Waals surface area (Å²) >= 11 is 13.6. The molecule has 4 aromatic rings. The molecule has 2 aromatic heterocycles. The second-order valence-corrected chi connectivity index (χ2v) is 8.47. The van der Waals surface area contributed by atoms with E-state index >= 15 is 0 Å². The molecule has 31 heavy (non-hydrogen) atoms.